The average molecular weight is 312 g/mol. The van der Waals surface area contributed by atoms with Gasteiger partial charge in [0.25, 0.3) is 0 Å². The highest BCUT2D eigenvalue weighted by Crippen LogP contribution is 2.25. The Bertz CT molecular complexity index is 564. The summed E-state index contributed by atoms with van der Waals surface area (Å²) in [6.45, 7) is 6.12. The van der Waals surface area contributed by atoms with E-state index in [0.29, 0.717) is 18.3 Å². The molecule has 2 rings (SSSR count). The molecule has 21 heavy (non-hydrogen) atoms. The Morgan fingerprint density at radius 2 is 1.81 bits per heavy atom. The Labute approximate surface area is 126 Å². The third-order valence-electron chi connectivity index (χ3n) is 4.09. The third kappa shape index (κ3) is 3.74. The highest BCUT2D eigenvalue weighted by Gasteiger charge is 2.25. The molecule has 6 nitrogen and oxygen atoms in total. The monoisotopic (exact) mass is 312 g/mol. The lowest BCUT2D eigenvalue weighted by Crippen LogP contribution is -2.52. The summed E-state index contributed by atoms with van der Waals surface area (Å²) in [6.07, 6.45) is 1.03. The lowest BCUT2D eigenvalue weighted by molar-refractivity contribution is 0.184. The predicted molar refractivity (Wildman–Crippen MR) is 84.7 cm³/mol. The van der Waals surface area contributed by atoms with Crippen LogP contribution in [0.2, 0.25) is 0 Å². The van der Waals surface area contributed by atoms with Gasteiger partial charge in [-0.1, -0.05) is 19.1 Å². The number of primary sulfonamides is 1. The van der Waals surface area contributed by atoms with Crippen LogP contribution in [0.15, 0.2) is 29.2 Å². The highest BCUT2D eigenvalue weighted by molar-refractivity contribution is 7.89. The molecule has 1 aromatic carbocycles. The van der Waals surface area contributed by atoms with Crippen molar-refractivity contribution < 1.29 is 8.42 Å². The van der Waals surface area contributed by atoms with Crippen LogP contribution in [0, 0.1) is 0 Å². The molecule has 1 unspecified atom stereocenters. The summed E-state index contributed by atoms with van der Waals surface area (Å²) >= 11 is 0. The van der Waals surface area contributed by atoms with E-state index in [1.807, 2.05) is 12.1 Å². The van der Waals surface area contributed by atoms with Crippen LogP contribution in [0.4, 0.5) is 5.69 Å². The standard InChI is InChI=1S/C14H24N4O2S/c1-2-12(11-15)17-7-9-18(10-8-17)13-5-3-4-6-14(13)21(16,19)20/h3-6,12H,2,7-11,15H2,1H3,(H2,16,19,20). The summed E-state index contributed by atoms with van der Waals surface area (Å²) in [4.78, 5) is 4.65. The lowest BCUT2D eigenvalue weighted by Gasteiger charge is -2.40. The number of benzene rings is 1. The molecule has 0 amide bonds. The van der Waals surface area contributed by atoms with Crippen LogP contribution < -0.4 is 15.8 Å². The number of hydrogen-bond acceptors (Lipinski definition) is 5. The maximum atomic E-state index is 11.7. The number of sulfonamides is 1. The lowest BCUT2D eigenvalue weighted by atomic mass is 10.1. The van der Waals surface area contributed by atoms with Crippen molar-refractivity contribution in [3.63, 3.8) is 0 Å². The summed E-state index contributed by atoms with van der Waals surface area (Å²) in [5.74, 6) is 0. The predicted octanol–water partition coefficient (Wildman–Crippen LogP) is 0.193. The van der Waals surface area contributed by atoms with Crippen LogP contribution in [-0.4, -0.2) is 52.1 Å². The molecule has 0 aromatic heterocycles. The Kier molecular flexibility index (Phi) is 5.21. The molecule has 118 valence electrons. The van der Waals surface area contributed by atoms with Gasteiger partial charge in [0.05, 0.1) is 5.69 Å². The molecule has 1 heterocycles. The first-order valence-corrected chi connectivity index (χ1v) is 8.83. The largest absolute Gasteiger partial charge is 0.368 e. The molecule has 1 fully saturated rings. The fourth-order valence-corrected chi connectivity index (χ4v) is 3.62. The molecule has 1 aliphatic heterocycles. The third-order valence-corrected chi connectivity index (χ3v) is 5.04. The van der Waals surface area contributed by atoms with Gasteiger partial charge in [0.1, 0.15) is 4.90 Å². The maximum absolute atomic E-state index is 11.7. The Balaban J connectivity index is 2.13. The van der Waals surface area contributed by atoms with Gasteiger partial charge in [-0.05, 0) is 18.6 Å². The molecule has 0 spiro atoms. The summed E-state index contributed by atoms with van der Waals surface area (Å²) < 4.78 is 23.4. The van der Waals surface area contributed by atoms with E-state index in [-0.39, 0.29) is 4.90 Å². The van der Waals surface area contributed by atoms with Crippen molar-refractivity contribution in [1.82, 2.24) is 4.90 Å². The zero-order valence-corrected chi connectivity index (χ0v) is 13.2. The molecule has 7 heteroatoms. The topological polar surface area (TPSA) is 92.7 Å². The summed E-state index contributed by atoms with van der Waals surface area (Å²) in [6, 6.07) is 7.31. The van der Waals surface area contributed by atoms with Gasteiger partial charge in [0, 0.05) is 38.8 Å². The molecule has 0 aliphatic carbocycles. The molecule has 4 N–H and O–H groups in total. The van der Waals surface area contributed by atoms with Gasteiger partial charge in [-0.25, -0.2) is 13.6 Å². The van der Waals surface area contributed by atoms with E-state index in [1.165, 1.54) is 0 Å². The molecule has 0 radical (unpaired) electrons. The fourth-order valence-electron chi connectivity index (χ4n) is 2.86. The van der Waals surface area contributed by atoms with Crippen molar-refractivity contribution >= 4 is 15.7 Å². The van der Waals surface area contributed by atoms with Gasteiger partial charge < -0.3 is 10.6 Å². The van der Waals surface area contributed by atoms with Gasteiger partial charge in [-0.3, -0.25) is 4.90 Å². The van der Waals surface area contributed by atoms with Gasteiger partial charge >= 0.3 is 0 Å². The summed E-state index contributed by atoms with van der Waals surface area (Å²) in [5.41, 5.74) is 6.48. The Hall–Kier alpha value is -1.15. The zero-order valence-electron chi connectivity index (χ0n) is 12.4. The van der Waals surface area contributed by atoms with Crippen molar-refractivity contribution in [3.8, 4) is 0 Å². The molecular weight excluding hydrogens is 288 g/mol. The van der Waals surface area contributed by atoms with Crippen LogP contribution in [0.3, 0.4) is 0 Å². The molecule has 0 saturated carbocycles. The molecule has 1 aliphatic rings. The van der Waals surface area contributed by atoms with Gasteiger partial charge in [-0.15, -0.1) is 0 Å². The summed E-state index contributed by atoms with van der Waals surface area (Å²) in [7, 11) is -3.70. The minimum absolute atomic E-state index is 0.198. The number of anilines is 1. The molecular formula is C14H24N4O2S. The molecule has 1 atom stereocenters. The summed E-state index contributed by atoms with van der Waals surface area (Å²) in [5, 5.41) is 5.30. The number of hydrogen-bond donors (Lipinski definition) is 2. The Morgan fingerprint density at radius 1 is 1.19 bits per heavy atom. The second-order valence-corrected chi connectivity index (χ2v) is 6.86. The minimum Gasteiger partial charge on any atom is -0.368 e. The maximum Gasteiger partial charge on any atom is 0.240 e. The first-order valence-electron chi connectivity index (χ1n) is 7.28. The van der Waals surface area contributed by atoms with Crippen molar-refractivity contribution in [1.29, 1.82) is 0 Å². The van der Waals surface area contributed by atoms with Gasteiger partial charge in [0.2, 0.25) is 10.0 Å². The van der Waals surface area contributed by atoms with E-state index in [9.17, 15) is 8.42 Å². The highest BCUT2D eigenvalue weighted by atomic mass is 32.2. The first kappa shape index (κ1) is 16.2. The second kappa shape index (κ2) is 6.74. The van der Waals surface area contributed by atoms with Crippen molar-refractivity contribution in [2.45, 2.75) is 24.3 Å². The first-order chi connectivity index (χ1) is 9.97. The van der Waals surface area contributed by atoms with Crippen LogP contribution in [0.5, 0.6) is 0 Å². The number of rotatable bonds is 5. The average Bonchev–Trinajstić information content (AvgIpc) is 2.48. The smallest absolute Gasteiger partial charge is 0.240 e. The number of piperazine rings is 1. The minimum atomic E-state index is -3.70. The Morgan fingerprint density at radius 3 is 2.33 bits per heavy atom. The van der Waals surface area contributed by atoms with E-state index >= 15 is 0 Å². The van der Waals surface area contributed by atoms with Gasteiger partial charge in [-0.2, -0.15) is 0 Å². The van der Waals surface area contributed by atoms with E-state index < -0.39 is 10.0 Å². The van der Waals surface area contributed by atoms with Crippen molar-refractivity contribution in [3.05, 3.63) is 24.3 Å². The van der Waals surface area contributed by atoms with E-state index in [2.05, 4.69) is 16.7 Å². The molecule has 1 aromatic rings. The van der Waals surface area contributed by atoms with Gasteiger partial charge in [0.15, 0.2) is 0 Å². The van der Waals surface area contributed by atoms with Crippen LogP contribution >= 0.6 is 0 Å². The molecule has 0 bridgehead atoms. The SMILES string of the molecule is CCC(CN)N1CCN(c2ccccc2S(N)(=O)=O)CC1. The van der Waals surface area contributed by atoms with Crippen LogP contribution in [0.1, 0.15) is 13.3 Å². The van der Waals surface area contributed by atoms with Crippen LogP contribution in [0.25, 0.3) is 0 Å². The number of nitrogens with two attached hydrogens (primary N) is 2. The quantitative estimate of drug-likeness (QED) is 0.810. The number of para-hydroxylation sites is 1. The van der Waals surface area contributed by atoms with E-state index in [0.717, 1.165) is 32.6 Å². The molecule has 1 saturated heterocycles. The second-order valence-electron chi connectivity index (χ2n) is 5.33. The zero-order chi connectivity index (χ0) is 15.5. The van der Waals surface area contributed by atoms with Crippen molar-refractivity contribution in [2.75, 3.05) is 37.6 Å². The fraction of sp³-hybridized carbons (Fsp3) is 0.571. The normalized spacial score (nSPS) is 18.7. The van der Waals surface area contributed by atoms with E-state index in [1.54, 1.807) is 12.1 Å². The van der Waals surface area contributed by atoms with Crippen molar-refractivity contribution in [2.24, 2.45) is 10.9 Å². The van der Waals surface area contributed by atoms with Crippen LogP contribution in [-0.2, 0) is 10.0 Å². The van der Waals surface area contributed by atoms with E-state index in [4.69, 9.17) is 10.9 Å². The number of nitrogens with zero attached hydrogens (tertiary/aromatic N) is 2.